The topological polar surface area (TPSA) is 74.4 Å². The molecular formula is C16H31N5O2. The zero-order valence-electron chi connectivity index (χ0n) is 14.9. The van der Waals surface area contributed by atoms with Crippen molar-refractivity contribution in [3.8, 4) is 0 Å². The lowest BCUT2D eigenvalue weighted by atomic mass is 10.1. The van der Waals surface area contributed by atoms with E-state index in [0.29, 0.717) is 38.1 Å². The van der Waals surface area contributed by atoms with Crippen LogP contribution in [-0.2, 0) is 4.74 Å². The van der Waals surface area contributed by atoms with Gasteiger partial charge in [-0.3, -0.25) is 4.99 Å². The van der Waals surface area contributed by atoms with Crippen LogP contribution in [0.5, 0.6) is 0 Å². The van der Waals surface area contributed by atoms with Crippen LogP contribution >= 0.6 is 0 Å². The smallest absolute Gasteiger partial charge is 0.410 e. The molecule has 2 saturated heterocycles. The molecule has 0 bridgehead atoms. The number of carbonyl (C=O) groups excluding carboxylic acids is 1. The highest BCUT2D eigenvalue weighted by molar-refractivity contribution is 5.78. The number of likely N-dealkylation sites (tertiary alicyclic amines) is 1. The van der Waals surface area contributed by atoms with Crippen LogP contribution in [0.25, 0.3) is 0 Å². The standard InChI is InChI=1S/C16H31N5O2/c1-16(2,3)23-15(22)21-9-7-20(8-10-21)14(17)18-11-13-5-6-19(4)12-13/h13H,5-12H2,1-4H3,(H2,17,18). The number of nitrogens with zero attached hydrogens (tertiary/aromatic N) is 4. The molecule has 0 aromatic rings. The van der Waals surface area contributed by atoms with Crippen molar-refractivity contribution in [1.29, 1.82) is 0 Å². The second kappa shape index (κ2) is 7.38. The van der Waals surface area contributed by atoms with Gasteiger partial charge in [-0.2, -0.15) is 0 Å². The summed E-state index contributed by atoms with van der Waals surface area (Å²) in [5.41, 5.74) is 5.66. The summed E-state index contributed by atoms with van der Waals surface area (Å²) < 4.78 is 5.40. The Bertz CT molecular complexity index is 438. The summed E-state index contributed by atoms with van der Waals surface area (Å²) in [4.78, 5) is 22.7. The molecule has 7 nitrogen and oxygen atoms in total. The SMILES string of the molecule is CN1CCC(CN=C(N)N2CCN(C(=O)OC(C)(C)C)CC2)C1. The van der Waals surface area contributed by atoms with Crippen LogP contribution in [-0.4, -0.2) is 85.2 Å². The maximum atomic E-state index is 12.0. The van der Waals surface area contributed by atoms with E-state index in [4.69, 9.17) is 10.5 Å². The second-order valence-corrected chi connectivity index (χ2v) is 7.57. The Kier molecular flexibility index (Phi) is 5.73. The molecule has 1 atom stereocenters. The highest BCUT2D eigenvalue weighted by atomic mass is 16.6. The first-order valence-electron chi connectivity index (χ1n) is 8.46. The molecule has 0 spiro atoms. The molecule has 1 unspecified atom stereocenters. The van der Waals surface area contributed by atoms with Crippen molar-refractivity contribution < 1.29 is 9.53 Å². The molecule has 7 heteroatoms. The van der Waals surface area contributed by atoms with Gasteiger partial charge >= 0.3 is 6.09 Å². The molecule has 0 aromatic heterocycles. The summed E-state index contributed by atoms with van der Waals surface area (Å²) >= 11 is 0. The van der Waals surface area contributed by atoms with E-state index in [9.17, 15) is 4.79 Å². The summed E-state index contributed by atoms with van der Waals surface area (Å²) in [6.07, 6.45) is 0.946. The molecule has 0 radical (unpaired) electrons. The Morgan fingerprint density at radius 1 is 1.17 bits per heavy atom. The van der Waals surface area contributed by atoms with E-state index in [1.807, 2.05) is 20.8 Å². The molecule has 2 N–H and O–H groups in total. The number of nitrogens with two attached hydrogens (primary N) is 1. The molecule has 2 aliphatic rings. The number of guanidine groups is 1. The third kappa shape index (κ3) is 5.57. The van der Waals surface area contributed by atoms with Crippen LogP contribution < -0.4 is 5.73 Å². The summed E-state index contributed by atoms with van der Waals surface area (Å²) in [7, 11) is 2.14. The minimum Gasteiger partial charge on any atom is -0.444 e. The highest BCUT2D eigenvalue weighted by Gasteiger charge is 2.26. The second-order valence-electron chi connectivity index (χ2n) is 7.57. The zero-order chi connectivity index (χ0) is 17.0. The van der Waals surface area contributed by atoms with Gasteiger partial charge < -0.3 is 25.2 Å². The van der Waals surface area contributed by atoms with Crippen molar-refractivity contribution in [2.75, 3.05) is 52.9 Å². The molecule has 0 aliphatic carbocycles. The first-order valence-corrected chi connectivity index (χ1v) is 8.46. The average Bonchev–Trinajstić information content (AvgIpc) is 2.89. The van der Waals surface area contributed by atoms with Gasteiger partial charge in [-0.1, -0.05) is 0 Å². The Balaban J connectivity index is 1.76. The molecule has 0 saturated carbocycles. The summed E-state index contributed by atoms with van der Waals surface area (Å²) in [6, 6.07) is 0. The number of ether oxygens (including phenoxy) is 1. The summed E-state index contributed by atoms with van der Waals surface area (Å²) in [6.45, 7) is 11.3. The van der Waals surface area contributed by atoms with E-state index < -0.39 is 5.60 Å². The molecule has 1 amide bonds. The van der Waals surface area contributed by atoms with Gasteiger partial charge in [0, 0.05) is 39.3 Å². The number of piperazine rings is 1. The highest BCUT2D eigenvalue weighted by Crippen LogP contribution is 2.15. The van der Waals surface area contributed by atoms with Crippen molar-refractivity contribution in [2.24, 2.45) is 16.6 Å². The molecule has 2 rings (SSSR count). The summed E-state index contributed by atoms with van der Waals surface area (Å²) in [5.74, 6) is 1.21. The minimum absolute atomic E-state index is 0.248. The fraction of sp³-hybridized carbons (Fsp3) is 0.875. The first-order chi connectivity index (χ1) is 10.7. The van der Waals surface area contributed by atoms with Gasteiger partial charge in [0.2, 0.25) is 0 Å². The lowest BCUT2D eigenvalue weighted by Gasteiger charge is -2.36. The van der Waals surface area contributed by atoms with Gasteiger partial charge in [0.25, 0.3) is 0 Å². The third-order valence-electron chi connectivity index (χ3n) is 4.26. The van der Waals surface area contributed by atoms with Crippen LogP contribution in [0.3, 0.4) is 0 Å². The number of aliphatic imine (C=N–C) groups is 1. The van der Waals surface area contributed by atoms with Gasteiger partial charge in [-0.05, 0) is 46.7 Å². The van der Waals surface area contributed by atoms with Crippen molar-refractivity contribution in [3.05, 3.63) is 0 Å². The van der Waals surface area contributed by atoms with E-state index >= 15 is 0 Å². The molecule has 132 valence electrons. The normalized spacial score (nSPS) is 24.2. The molecular weight excluding hydrogens is 294 g/mol. The van der Waals surface area contributed by atoms with Gasteiger partial charge in [-0.15, -0.1) is 0 Å². The number of hydrogen-bond donors (Lipinski definition) is 1. The minimum atomic E-state index is -0.455. The van der Waals surface area contributed by atoms with Gasteiger partial charge in [0.15, 0.2) is 5.96 Å². The van der Waals surface area contributed by atoms with Crippen LogP contribution in [0.2, 0.25) is 0 Å². The summed E-state index contributed by atoms with van der Waals surface area (Å²) in [5, 5.41) is 0. The predicted molar refractivity (Wildman–Crippen MR) is 91.5 cm³/mol. The monoisotopic (exact) mass is 325 g/mol. The van der Waals surface area contributed by atoms with Crippen LogP contribution in [0.4, 0.5) is 4.79 Å². The van der Waals surface area contributed by atoms with Crippen LogP contribution in [0.1, 0.15) is 27.2 Å². The fourth-order valence-corrected chi connectivity index (χ4v) is 2.94. The predicted octanol–water partition coefficient (Wildman–Crippen LogP) is 0.806. The quantitative estimate of drug-likeness (QED) is 0.600. The number of rotatable bonds is 2. The first kappa shape index (κ1) is 17.8. The van der Waals surface area contributed by atoms with Gasteiger partial charge in [0.05, 0.1) is 0 Å². The lowest BCUT2D eigenvalue weighted by molar-refractivity contribution is 0.0186. The fourth-order valence-electron chi connectivity index (χ4n) is 2.94. The Hall–Kier alpha value is -1.50. The maximum absolute atomic E-state index is 12.0. The van der Waals surface area contributed by atoms with Crippen molar-refractivity contribution in [2.45, 2.75) is 32.8 Å². The molecule has 2 fully saturated rings. The third-order valence-corrected chi connectivity index (χ3v) is 4.26. The number of hydrogen-bond acceptors (Lipinski definition) is 4. The number of amides is 1. The largest absolute Gasteiger partial charge is 0.444 e. The van der Waals surface area contributed by atoms with E-state index in [-0.39, 0.29) is 6.09 Å². The lowest BCUT2D eigenvalue weighted by Crippen LogP contribution is -2.53. The van der Waals surface area contributed by atoms with Gasteiger partial charge in [-0.25, -0.2) is 4.79 Å². The Labute approximate surface area is 139 Å². The number of carbonyl (C=O) groups is 1. The van der Waals surface area contributed by atoms with E-state index in [2.05, 4.69) is 21.8 Å². The van der Waals surface area contributed by atoms with E-state index in [1.165, 1.54) is 6.42 Å². The Morgan fingerprint density at radius 3 is 2.30 bits per heavy atom. The van der Waals surface area contributed by atoms with Crippen molar-refractivity contribution in [3.63, 3.8) is 0 Å². The van der Waals surface area contributed by atoms with Crippen LogP contribution in [0.15, 0.2) is 4.99 Å². The Morgan fingerprint density at radius 2 is 1.78 bits per heavy atom. The molecule has 0 aromatic carbocycles. The molecule has 2 aliphatic heterocycles. The van der Waals surface area contributed by atoms with Crippen LogP contribution in [0, 0.1) is 5.92 Å². The molecule has 23 heavy (non-hydrogen) atoms. The van der Waals surface area contributed by atoms with E-state index in [0.717, 1.165) is 19.6 Å². The van der Waals surface area contributed by atoms with Gasteiger partial charge in [0.1, 0.15) is 5.60 Å². The van der Waals surface area contributed by atoms with Crippen molar-refractivity contribution >= 4 is 12.1 Å². The van der Waals surface area contributed by atoms with E-state index in [1.54, 1.807) is 4.90 Å². The van der Waals surface area contributed by atoms with Crippen molar-refractivity contribution in [1.82, 2.24) is 14.7 Å². The average molecular weight is 325 g/mol. The zero-order valence-corrected chi connectivity index (χ0v) is 14.9. The molecule has 2 heterocycles. The maximum Gasteiger partial charge on any atom is 0.410 e.